The van der Waals surface area contributed by atoms with Crippen molar-refractivity contribution < 1.29 is 4.21 Å². The summed E-state index contributed by atoms with van der Waals surface area (Å²) < 4.78 is 11.1. The minimum Gasteiger partial charge on any atom is -0.370 e. The quantitative estimate of drug-likeness (QED) is 0.547. The van der Waals surface area contributed by atoms with Crippen LogP contribution in [0.1, 0.15) is 26.7 Å². The predicted molar refractivity (Wildman–Crippen MR) is 65.4 cm³/mol. The zero-order chi connectivity index (χ0) is 11.3. The van der Waals surface area contributed by atoms with E-state index in [0.717, 1.165) is 30.9 Å². The van der Waals surface area contributed by atoms with Gasteiger partial charge in [0.15, 0.2) is 5.96 Å². The molecule has 0 saturated carbocycles. The van der Waals surface area contributed by atoms with Crippen molar-refractivity contribution in [3.8, 4) is 0 Å². The summed E-state index contributed by atoms with van der Waals surface area (Å²) in [5.74, 6) is 2.63. The zero-order valence-electron chi connectivity index (χ0n) is 9.53. The second-order valence-corrected chi connectivity index (χ2v) is 6.08. The van der Waals surface area contributed by atoms with Gasteiger partial charge in [-0.2, -0.15) is 0 Å². The highest BCUT2D eigenvalue weighted by Crippen LogP contribution is 2.08. The Hall–Kier alpha value is -0.580. The van der Waals surface area contributed by atoms with Crippen LogP contribution in [-0.4, -0.2) is 34.3 Å². The molecule has 0 aliphatic carbocycles. The van der Waals surface area contributed by atoms with Crippen molar-refractivity contribution in [2.24, 2.45) is 16.6 Å². The first-order chi connectivity index (χ1) is 7.08. The van der Waals surface area contributed by atoms with Crippen LogP contribution in [0.2, 0.25) is 0 Å². The highest BCUT2D eigenvalue weighted by Gasteiger charge is 2.17. The average Bonchev–Trinajstić information content (AvgIpc) is 2.19. The maximum Gasteiger partial charge on any atom is 0.188 e. The molecule has 1 aliphatic heterocycles. The number of nitrogens with zero attached hydrogens (tertiary/aromatic N) is 1. The summed E-state index contributed by atoms with van der Waals surface area (Å²) in [5, 5.41) is 3.19. The lowest BCUT2D eigenvalue weighted by atomic mass is 10.2. The summed E-state index contributed by atoms with van der Waals surface area (Å²) in [4.78, 5) is 4.24. The van der Waals surface area contributed by atoms with E-state index >= 15 is 0 Å². The molecule has 0 bridgehead atoms. The molecule has 0 aromatic carbocycles. The Morgan fingerprint density at radius 1 is 1.53 bits per heavy atom. The van der Waals surface area contributed by atoms with Gasteiger partial charge in [-0.05, 0) is 18.8 Å². The number of nitrogens with one attached hydrogen (secondary N) is 1. The Balaban J connectivity index is 2.28. The molecule has 1 saturated heterocycles. The molecule has 1 fully saturated rings. The molecular formula is C10H21N3OS. The summed E-state index contributed by atoms with van der Waals surface area (Å²) in [6, 6.07) is 0.360. The lowest BCUT2D eigenvalue weighted by Gasteiger charge is -2.22. The van der Waals surface area contributed by atoms with Crippen LogP contribution in [0.15, 0.2) is 4.99 Å². The Morgan fingerprint density at radius 3 is 2.67 bits per heavy atom. The van der Waals surface area contributed by atoms with Crippen LogP contribution < -0.4 is 11.1 Å². The summed E-state index contributed by atoms with van der Waals surface area (Å²) in [6.45, 7) is 4.98. The second-order valence-electron chi connectivity index (χ2n) is 4.39. The standard InChI is InChI=1S/C10H21N3OS/c1-8(2)7-12-10(11)13-9-3-5-15(14)6-4-9/h8-9H,3-7H2,1-2H3,(H3,11,12,13). The van der Waals surface area contributed by atoms with E-state index in [0.29, 0.717) is 17.9 Å². The second kappa shape index (κ2) is 6.10. The van der Waals surface area contributed by atoms with Crippen molar-refractivity contribution in [1.82, 2.24) is 5.32 Å². The summed E-state index contributed by atoms with van der Waals surface area (Å²) >= 11 is 0. The van der Waals surface area contributed by atoms with Crippen molar-refractivity contribution in [2.75, 3.05) is 18.1 Å². The molecule has 0 radical (unpaired) electrons. The Bertz CT molecular complexity index is 243. The SMILES string of the molecule is CC(C)CN=C(N)NC1CCS(=O)CC1. The largest absolute Gasteiger partial charge is 0.370 e. The smallest absolute Gasteiger partial charge is 0.188 e. The van der Waals surface area contributed by atoms with Crippen LogP contribution >= 0.6 is 0 Å². The maximum absolute atomic E-state index is 11.1. The average molecular weight is 231 g/mol. The molecule has 1 rings (SSSR count). The molecule has 1 heterocycles. The van der Waals surface area contributed by atoms with Gasteiger partial charge in [0.05, 0.1) is 0 Å². The highest BCUT2D eigenvalue weighted by molar-refractivity contribution is 7.85. The molecule has 3 N–H and O–H groups in total. The van der Waals surface area contributed by atoms with Gasteiger partial charge < -0.3 is 11.1 Å². The van der Waals surface area contributed by atoms with Gasteiger partial charge >= 0.3 is 0 Å². The van der Waals surface area contributed by atoms with Gasteiger partial charge in [0.1, 0.15) is 0 Å². The topological polar surface area (TPSA) is 67.5 Å². The van der Waals surface area contributed by atoms with Crippen LogP contribution in [0.5, 0.6) is 0 Å². The molecule has 1 aliphatic rings. The van der Waals surface area contributed by atoms with E-state index in [1.54, 1.807) is 0 Å². The molecule has 0 spiro atoms. The molecule has 0 amide bonds. The number of hydrogen-bond donors (Lipinski definition) is 2. The monoisotopic (exact) mass is 231 g/mol. The number of nitrogens with two attached hydrogens (primary N) is 1. The minimum atomic E-state index is -0.607. The van der Waals surface area contributed by atoms with Gasteiger partial charge in [-0.15, -0.1) is 0 Å². The number of hydrogen-bond acceptors (Lipinski definition) is 2. The van der Waals surface area contributed by atoms with Crippen LogP contribution in [0, 0.1) is 5.92 Å². The van der Waals surface area contributed by atoms with E-state index in [1.165, 1.54) is 0 Å². The van der Waals surface area contributed by atoms with Crippen LogP contribution in [-0.2, 0) is 10.8 Å². The molecular weight excluding hydrogens is 210 g/mol. The Morgan fingerprint density at radius 2 is 2.13 bits per heavy atom. The summed E-state index contributed by atoms with van der Waals surface area (Å²) in [7, 11) is -0.607. The van der Waals surface area contributed by atoms with E-state index in [2.05, 4.69) is 24.2 Å². The van der Waals surface area contributed by atoms with Crippen molar-refractivity contribution in [3.05, 3.63) is 0 Å². The van der Waals surface area contributed by atoms with Crippen LogP contribution in [0.25, 0.3) is 0 Å². The molecule has 88 valence electrons. The van der Waals surface area contributed by atoms with Crippen molar-refractivity contribution in [3.63, 3.8) is 0 Å². The third-order valence-electron chi connectivity index (χ3n) is 2.37. The molecule has 15 heavy (non-hydrogen) atoms. The van der Waals surface area contributed by atoms with Gasteiger partial charge in [-0.25, -0.2) is 0 Å². The summed E-state index contributed by atoms with van der Waals surface area (Å²) in [5.41, 5.74) is 5.75. The molecule has 0 atom stereocenters. The van der Waals surface area contributed by atoms with Crippen molar-refractivity contribution in [1.29, 1.82) is 0 Å². The van der Waals surface area contributed by atoms with E-state index in [-0.39, 0.29) is 0 Å². The molecule has 0 aromatic rings. The first kappa shape index (κ1) is 12.5. The molecule has 4 nitrogen and oxygen atoms in total. The maximum atomic E-state index is 11.1. The minimum absolute atomic E-state index is 0.360. The lowest BCUT2D eigenvalue weighted by Crippen LogP contribution is -2.43. The zero-order valence-corrected chi connectivity index (χ0v) is 10.3. The third kappa shape index (κ3) is 5.16. The lowest BCUT2D eigenvalue weighted by molar-refractivity contribution is 0.546. The van der Waals surface area contributed by atoms with Gasteiger partial charge in [0.25, 0.3) is 0 Å². The van der Waals surface area contributed by atoms with E-state index < -0.39 is 10.8 Å². The molecule has 0 unspecified atom stereocenters. The van der Waals surface area contributed by atoms with Gasteiger partial charge in [-0.1, -0.05) is 13.8 Å². The normalized spacial score (nSPS) is 28.1. The first-order valence-electron chi connectivity index (χ1n) is 5.49. The number of rotatable bonds is 3. The highest BCUT2D eigenvalue weighted by atomic mass is 32.2. The fourth-order valence-corrected chi connectivity index (χ4v) is 2.77. The Labute approximate surface area is 94.2 Å². The fourth-order valence-electron chi connectivity index (χ4n) is 1.47. The Kier molecular flexibility index (Phi) is 5.08. The van der Waals surface area contributed by atoms with E-state index in [1.807, 2.05) is 0 Å². The van der Waals surface area contributed by atoms with Crippen LogP contribution in [0.3, 0.4) is 0 Å². The van der Waals surface area contributed by atoms with Crippen molar-refractivity contribution in [2.45, 2.75) is 32.7 Å². The third-order valence-corrected chi connectivity index (χ3v) is 3.75. The number of aliphatic imine (C=N–C) groups is 1. The van der Waals surface area contributed by atoms with Gasteiger partial charge in [-0.3, -0.25) is 9.20 Å². The van der Waals surface area contributed by atoms with Gasteiger partial charge in [0, 0.05) is 34.9 Å². The van der Waals surface area contributed by atoms with Gasteiger partial charge in [0.2, 0.25) is 0 Å². The summed E-state index contributed by atoms with van der Waals surface area (Å²) in [6.07, 6.45) is 1.87. The van der Waals surface area contributed by atoms with E-state index in [4.69, 9.17) is 5.73 Å². The molecule has 0 aromatic heterocycles. The predicted octanol–water partition coefficient (Wildman–Crippen LogP) is 0.458. The van der Waals surface area contributed by atoms with E-state index in [9.17, 15) is 4.21 Å². The molecule has 5 heteroatoms. The fraction of sp³-hybridized carbons (Fsp3) is 0.900. The number of guanidine groups is 1. The van der Waals surface area contributed by atoms with Crippen molar-refractivity contribution >= 4 is 16.8 Å². The van der Waals surface area contributed by atoms with Crippen LogP contribution in [0.4, 0.5) is 0 Å². The first-order valence-corrected chi connectivity index (χ1v) is 6.98.